The highest BCUT2D eigenvalue weighted by Crippen LogP contribution is 2.30. The third-order valence-corrected chi connectivity index (χ3v) is 4.86. The van der Waals surface area contributed by atoms with E-state index >= 15 is 0 Å². The molecule has 0 aliphatic carbocycles. The molecule has 1 fully saturated rings. The fourth-order valence-corrected chi connectivity index (χ4v) is 3.90. The number of thiocarbonyl (C=S) groups is 1. The van der Waals surface area contributed by atoms with Gasteiger partial charge in [0.05, 0.1) is 4.99 Å². The maximum Gasteiger partial charge on any atom is 0.0746 e. The molecule has 1 saturated heterocycles. The van der Waals surface area contributed by atoms with E-state index in [2.05, 4.69) is 36.2 Å². The molecule has 0 amide bonds. The van der Waals surface area contributed by atoms with Gasteiger partial charge < -0.3 is 5.73 Å². The monoisotopic (exact) mass is 280 g/mol. The normalized spacial score (nSPS) is 21.1. The first kappa shape index (κ1) is 13.8. The summed E-state index contributed by atoms with van der Waals surface area (Å²) in [5.41, 5.74) is 7.08. The van der Waals surface area contributed by atoms with Crippen LogP contribution in [0.4, 0.5) is 0 Å². The Morgan fingerprint density at radius 3 is 2.78 bits per heavy atom. The summed E-state index contributed by atoms with van der Waals surface area (Å²) < 4.78 is 0. The predicted molar refractivity (Wildman–Crippen MR) is 84.1 cm³/mol. The van der Waals surface area contributed by atoms with Gasteiger partial charge in [0, 0.05) is 24.3 Å². The van der Waals surface area contributed by atoms with Crippen LogP contribution in [0.15, 0.2) is 30.3 Å². The highest BCUT2D eigenvalue weighted by molar-refractivity contribution is 7.99. The SMILES string of the molecule is CN(C1CCSC1)C(CC(N)=S)c1ccccc1. The van der Waals surface area contributed by atoms with E-state index < -0.39 is 0 Å². The number of thioether (sulfide) groups is 1. The molecule has 0 spiro atoms. The summed E-state index contributed by atoms with van der Waals surface area (Å²) in [4.78, 5) is 3.05. The summed E-state index contributed by atoms with van der Waals surface area (Å²) in [5, 5.41) is 0. The van der Waals surface area contributed by atoms with Crippen LogP contribution in [-0.2, 0) is 0 Å². The van der Waals surface area contributed by atoms with E-state index in [9.17, 15) is 0 Å². The maximum absolute atomic E-state index is 5.77. The van der Waals surface area contributed by atoms with Crippen molar-refractivity contribution in [3.63, 3.8) is 0 Å². The first-order chi connectivity index (χ1) is 8.68. The minimum absolute atomic E-state index is 0.312. The molecular formula is C14H20N2S2. The van der Waals surface area contributed by atoms with E-state index in [1.165, 1.54) is 23.5 Å². The third kappa shape index (κ3) is 3.46. The van der Waals surface area contributed by atoms with Crippen molar-refractivity contribution in [3.05, 3.63) is 35.9 Å². The molecule has 1 aromatic rings. The number of benzene rings is 1. The first-order valence-corrected chi connectivity index (χ1v) is 7.87. The van der Waals surface area contributed by atoms with Crippen LogP contribution >= 0.6 is 24.0 Å². The van der Waals surface area contributed by atoms with Crippen molar-refractivity contribution in [3.8, 4) is 0 Å². The number of nitrogens with two attached hydrogens (primary N) is 1. The summed E-state index contributed by atoms with van der Waals surface area (Å²) in [6.07, 6.45) is 2.03. The molecule has 0 bridgehead atoms. The van der Waals surface area contributed by atoms with Crippen LogP contribution in [0, 0.1) is 0 Å². The fourth-order valence-electron chi connectivity index (χ4n) is 2.46. The van der Waals surface area contributed by atoms with Gasteiger partial charge in [0.2, 0.25) is 0 Å². The predicted octanol–water partition coefficient (Wildman–Crippen LogP) is 2.84. The lowest BCUT2D eigenvalue weighted by Gasteiger charge is -2.33. The van der Waals surface area contributed by atoms with Crippen molar-refractivity contribution in [2.45, 2.75) is 24.9 Å². The minimum atomic E-state index is 0.312. The van der Waals surface area contributed by atoms with Gasteiger partial charge in [-0.05, 0) is 24.8 Å². The van der Waals surface area contributed by atoms with Crippen LogP contribution in [0.25, 0.3) is 0 Å². The summed E-state index contributed by atoms with van der Waals surface area (Å²) in [7, 11) is 2.20. The standard InChI is InChI=1S/C14H20N2S2/c1-16(12-7-8-18-10-12)13(9-14(15)17)11-5-3-2-4-6-11/h2-6,12-13H,7-10H2,1H3,(H2,15,17). The van der Waals surface area contributed by atoms with Crippen LogP contribution in [0.1, 0.15) is 24.4 Å². The number of nitrogens with zero attached hydrogens (tertiary/aromatic N) is 1. The summed E-state index contributed by atoms with van der Waals surface area (Å²) in [5.74, 6) is 2.49. The van der Waals surface area contributed by atoms with Crippen molar-refractivity contribution >= 4 is 29.0 Å². The van der Waals surface area contributed by atoms with Crippen molar-refractivity contribution < 1.29 is 0 Å². The average molecular weight is 280 g/mol. The zero-order valence-electron chi connectivity index (χ0n) is 10.7. The third-order valence-electron chi connectivity index (χ3n) is 3.55. The number of hydrogen-bond donors (Lipinski definition) is 1. The Kier molecular flexibility index (Phi) is 5.03. The van der Waals surface area contributed by atoms with Crippen molar-refractivity contribution in [1.82, 2.24) is 4.90 Å². The molecule has 2 rings (SSSR count). The van der Waals surface area contributed by atoms with Gasteiger partial charge in [-0.2, -0.15) is 11.8 Å². The molecule has 4 heteroatoms. The summed E-state index contributed by atoms with van der Waals surface area (Å²) in [6.45, 7) is 0. The van der Waals surface area contributed by atoms with Crippen LogP contribution in [0.2, 0.25) is 0 Å². The minimum Gasteiger partial charge on any atom is -0.393 e. The van der Waals surface area contributed by atoms with E-state index in [4.69, 9.17) is 18.0 Å². The van der Waals surface area contributed by atoms with E-state index in [0.717, 1.165) is 6.42 Å². The molecule has 1 aliphatic rings. The van der Waals surface area contributed by atoms with E-state index in [1.54, 1.807) is 0 Å². The lowest BCUT2D eigenvalue weighted by molar-refractivity contribution is 0.193. The van der Waals surface area contributed by atoms with Crippen molar-refractivity contribution in [2.24, 2.45) is 5.73 Å². The second-order valence-corrected chi connectivity index (χ2v) is 6.45. The molecular weight excluding hydrogens is 260 g/mol. The Balaban J connectivity index is 2.16. The van der Waals surface area contributed by atoms with Gasteiger partial charge >= 0.3 is 0 Å². The van der Waals surface area contributed by atoms with Crippen LogP contribution < -0.4 is 5.73 Å². The quantitative estimate of drug-likeness (QED) is 0.840. The summed E-state index contributed by atoms with van der Waals surface area (Å²) >= 11 is 7.15. The van der Waals surface area contributed by atoms with Gasteiger partial charge in [0.15, 0.2) is 0 Å². The molecule has 0 radical (unpaired) electrons. The fraction of sp³-hybridized carbons (Fsp3) is 0.500. The molecule has 1 aromatic carbocycles. The number of hydrogen-bond acceptors (Lipinski definition) is 3. The van der Waals surface area contributed by atoms with Crippen LogP contribution in [-0.4, -0.2) is 34.5 Å². The molecule has 18 heavy (non-hydrogen) atoms. The van der Waals surface area contributed by atoms with Gasteiger partial charge in [0.1, 0.15) is 0 Å². The molecule has 0 aromatic heterocycles. The molecule has 2 unspecified atom stereocenters. The Morgan fingerprint density at radius 2 is 2.22 bits per heavy atom. The molecule has 1 heterocycles. The van der Waals surface area contributed by atoms with Crippen molar-refractivity contribution in [2.75, 3.05) is 18.6 Å². The van der Waals surface area contributed by atoms with Crippen LogP contribution in [0.5, 0.6) is 0 Å². The lowest BCUT2D eigenvalue weighted by Crippen LogP contribution is -2.36. The van der Waals surface area contributed by atoms with Crippen molar-refractivity contribution in [1.29, 1.82) is 0 Å². The first-order valence-electron chi connectivity index (χ1n) is 6.31. The molecule has 98 valence electrons. The average Bonchev–Trinajstić information content (AvgIpc) is 2.90. The zero-order chi connectivity index (χ0) is 13.0. The largest absolute Gasteiger partial charge is 0.393 e. The second-order valence-electron chi connectivity index (χ2n) is 4.78. The smallest absolute Gasteiger partial charge is 0.0746 e. The zero-order valence-corrected chi connectivity index (χ0v) is 12.3. The lowest BCUT2D eigenvalue weighted by atomic mass is 10.0. The van der Waals surface area contributed by atoms with Gasteiger partial charge in [-0.3, -0.25) is 4.90 Å². The molecule has 0 saturated carbocycles. The Morgan fingerprint density at radius 1 is 1.50 bits per heavy atom. The van der Waals surface area contributed by atoms with Crippen LogP contribution in [0.3, 0.4) is 0 Å². The van der Waals surface area contributed by atoms with Gasteiger partial charge in [-0.15, -0.1) is 0 Å². The molecule has 2 N–H and O–H groups in total. The van der Waals surface area contributed by atoms with E-state index in [1.807, 2.05) is 17.8 Å². The highest BCUT2D eigenvalue weighted by atomic mass is 32.2. The topological polar surface area (TPSA) is 29.3 Å². The van der Waals surface area contributed by atoms with E-state index in [-0.39, 0.29) is 0 Å². The Bertz CT molecular complexity index is 388. The maximum atomic E-state index is 5.77. The molecule has 2 atom stereocenters. The second kappa shape index (κ2) is 6.55. The molecule has 2 nitrogen and oxygen atoms in total. The summed E-state index contributed by atoms with van der Waals surface area (Å²) in [6, 6.07) is 11.5. The Hall–Kier alpha value is -0.580. The van der Waals surface area contributed by atoms with Gasteiger partial charge in [0.25, 0.3) is 0 Å². The Labute approximate surface area is 119 Å². The number of rotatable bonds is 5. The van der Waals surface area contributed by atoms with Gasteiger partial charge in [-0.1, -0.05) is 42.5 Å². The molecule has 1 aliphatic heterocycles. The van der Waals surface area contributed by atoms with Gasteiger partial charge in [-0.25, -0.2) is 0 Å². The van der Waals surface area contributed by atoms with E-state index in [0.29, 0.717) is 17.1 Å². The highest BCUT2D eigenvalue weighted by Gasteiger charge is 2.27.